The van der Waals surface area contributed by atoms with Gasteiger partial charge in [-0.3, -0.25) is 0 Å². The van der Waals surface area contributed by atoms with Gasteiger partial charge in [0, 0.05) is 10.9 Å². The van der Waals surface area contributed by atoms with E-state index in [2.05, 4.69) is 24.6 Å². The van der Waals surface area contributed by atoms with Crippen molar-refractivity contribution in [1.82, 2.24) is 0 Å². The highest BCUT2D eigenvalue weighted by molar-refractivity contribution is 7.95. The summed E-state index contributed by atoms with van der Waals surface area (Å²) in [5, 5.41) is -7.95. The molecular formula is C17H13F17O4S2. The number of alkyl halides is 17. The Morgan fingerprint density at radius 2 is 0.900 bits per heavy atom. The highest BCUT2D eigenvalue weighted by Gasteiger charge is 2.95. The third-order valence-electron chi connectivity index (χ3n) is 4.54. The maximum Gasteiger partial charge on any atom is 0.460 e. The smallest absolute Gasteiger partial charge is 0.460 e. The Balaban J connectivity index is 0.00000114. The van der Waals surface area contributed by atoms with Crippen molar-refractivity contribution in [2.75, 3.05) is 19.6 Å². The van der Waals surface area contributed by atoms with Gasteiger partial charge in [0.25, 0.3) is 0 Å². The van der Waals surface area contributed by atoms with Crippen LogP contribution in [-0.4, -0.2) is 79.6 Å². The summed E-state index contributed by atoms with van der Waals surface area (Å²) in [6, 6.07) is 8.23. The van der Waals surface area contributed by atoms with Crippen molar-refractivity contribution in [3.05, 3.63) is 24.3 Å². The summed E-state index contributed by atoms with van der Waals surface area (Å²) in [6.45, 7) is 0. The number of hydrogen-bond acceptors (Lipinski definition) is 4. The van der Waals surface area contributed by atoms with Crippen molar-refractivity contribution in [2.45, 2.75) is 51.9 Å². The summed E-state index contributed by atoms with van der Waals surface area (Å²) in [4.78, 5) is 1.38. The fourth-order valence-corrected chi connectivity index (χ4v) is 3.28. The number of ether oxygens (including phenoxy) is 1. The molecule has 23 heteroatoms. The summed E-state index contributed by atoms with van der Waals surface area (Å²) >= 11 is 0. The predicted octanol–water partition coefficient (Wildman–Crippen LogP) is 6.43. The molecule has 1 aromatic carbocycles. The first-order valence-corrected chi connectivity index (χ1v) is 12.6. The van der Waals surface area contributed by atoms with Crippen LogP contribution < -0.4 is 4.74 Å². The average molecular weight is 668 g/mol. The lowest BCUT2D eigenvalue weighted by atomic mass is 9.91. The Morgan fingerprint density at radius 1 is 0.600 bits per heavy atom. The van der Waals surface area contributed by atoms with Crippen LogP contribution in [0.4, 0.5) is 74.6 Å². The predicted molar refractivity (Wildman–Crippen MR) is 101 cm³/mol. The van der Waals surface area contributed by atoms with Gasteiger partial charge in [-0.2, -0.15) is 74.6 Å². The van der Waals surface area contributed by atoms with E-state index in [1.807, 2.05) is 12.1 Å². The third-order valence-corrected chi connectivity index (χ3v) is 6.64. The minimum Gasteiger partial charge on any atom is -0.743 e. The quantitative estimate of drug-likeness (QED) is 0.173. The van der Waals surface area contributed by atoms with Gasteiger partial charge in [0.1, 0.15) is 18.3 Å². The fourth-order valence-electron chi connectivity index (χ4n) is 2.15. The number of hydrogen-bond donors (Lipinski definition) is 0. The number of rotatable bonds is 9. The molecule has 0 saturated heterocycles. The molecule has 0 heterocycles. The topological polar surface area (TPSA) is 66.4 Å². The molecule has 1 rings (SSSR count). The second kappa shape index (κ2) is 11.1. The fraction of sp³-hybridized carbons (Fsp3) is 0.647. The maximum absolute atomic E-state index is 13.0. The molecular weight excluding hydrogens is 655 g/mol. The molecule has 0 N–H and O–H groups in total. The SMILES string of the molecule is COc1ccc([S+](C)C)cc1.O=S(=O)([O-])C(F)(F)C(F)(F)C(F)(F)C(F)(F)C(F)(F)C(F)(F)C(F)(F)C(F)(F)F. The van der Waals surface area contributed by atoms with Crippen LogP contribution >= 0.6 is 0 Å². The lowest BCUT2D eigenvalue weighted by Gasteiger charge is -2.42. The van der Waals surface area contributed by atoms with E-state index in [9.17, 15) is 87.6 Å². The van der Waals surface area contributed by atoms with Gasteiger partial charge in [-0.1, -0.05) is 0 Å². The van der Waals surface area contributed by atoms with Crippen molar-refractivity contribution >= 4 is 21.0 Å². The van der Waals surface area contributed by atoms with Gasteiger partial charge in [-0.05, 0) is 24.3 Å². The molecule has 40 heavy (non-hydrogen) atoms. The van der Waals surface area contributed by atoms with E-state index in [0.717, 1.165) is 5.75 Å². The molecule has 4 nitrogen and oxygen atoms in total. The van der Waals surface area contributed by atoms with Crippen molar-refractivity contribution < 1.29 is 92.3 Å². The average Bonchev–Trinajstić information content (AvgIpc) is 2.77. The lowest BCUT2D eigenvalue weighted by molar-refractivity contribution is -0.458. The van der Waals surface area contributed by atoms with Crippen molar-refractivity contribution in [1.29, 1.82) is 0 Å². The Bertz CT molecular complexity index is 1110. The summed E-state index contributed by atoms with van der Waals surface area (Å²) in [5.41, 5.74) is 0. The van der Waals surface area contributed by atoms with E-state index in [1.165, 1.54) is 4.90 Å². The molecule has 0 unspecified atom stereocenters. The molecule has 0 radical (unpaired) electrons. The molecule has 0 aromatic heterocycles. The van der Waals surface area contributed by atoms with E-state index < -0.39 is 57.1 Å². The minimum atomic E-state index is -8.92. The zero-order valence-electron chi connectivity index (χ0n) is 19.2. The van der Waals surface area contributed by atoms with Crippen LogP contribution in [0.1, 0.15) is 0 Å². The number of methoxy groups -OCH3 is 1. The van der Waals surface area contributed by atoms with E-state index in [4.69, 9.17) is 4.74 Å². The monoisotopic (exact) mass is 668 g/mol. The minimum absolute atomic E-state index is 0.355. The third kappa shape index (κ3) is 6.00. The van der Waals surface area contributed by atoms with E-state index in [-0.39, 0.29) is 0 Å². The highest BCUT2D eigenvalue weighted by Crippen LogP contribution is 2.64. The second-order valence-corrected chi connectivity index (χ2v) is 10.9. The normalized spacial score (nSPS) is 15.1. The molecule has 0 aliphatic carbocycles. The zero-order chi connectivity index (χ0) is 32.8. The van der Waals surface area contributed by atoms with Gasteiger partial charge in [0.2, 0.25) is 0 Å². The van der Waals surface area contributed by atoms with Gasteiger partial charge >= 0.3 is 47.0 Å². The largest absolute Gasteiger partial charge is 0.743 e. The lowest BCUT2D eigenvalue weighted by Crippen LogP contribution is -2.75. The molecule has 0 amide bonds. The van der Waals surface area contributed by atoms with Gasteiger partial charge in [-0.25, -0.2) is 8.42 Å². The van der Waals surface area contributed by atoms with Gasteiger partial charge in [0.15, 0.2) is 15.0 Å². The summed E-state index contributed by atoms with van der Waals surface area (Å²) in [5.74, 6) is -51.2. The van der Waals surface area contributed by atoms with Crippen LogP contribution in [0.2, 0.25) is 0 Å². The second-order valence-electron chi connectivity index (χ2n) is 7.41. The summed E-state index contributed by atoms with van der Waals surface area (Å²) in [7, 11) is -6.10. The summed E-state index contributed by atoms with van der Waals surface area (Å²) in [6.07, 6.45) is -3.47. The molecule has 0 spiro atoms. The highest BCUT2D eigenvalue weighted by atomic mass is 32.2. The first-order chi connectivity index (χ1) is 17.2. The zero-order valence-corrected chi connectivity index (χ0v) is 20.8. The Kier molecular flexibility index (Phi) is 10.5. The molecule has 0 bridgehead atoms. The van der Waals surface area contributed by atoms with Crippen molar-refractivity contribution in [3.63, 3.8) is 0 Å². The van der Waals surface area contributed by atoms with Crippen molar-refractivity contribution in [3.8, 4) is 5.75 Å². The Morgan fingerprint density at radius 3 is 1.15 bits per heavy atom. The molecule has 0 saturated carbocycles. The van der Waals surface area contributed by atoms with Crippen LogP contribution in [-0.2, 0) is 21.0 Å². The maximum atomic E-state index is 13.0. The molecule has 0 aliphatic heterocycles. The van der Waals surface area contributed by atoms with Crippen LogP contribution in [0, 0.1) is 0 Å². The molecule has 1 aromatic rings. The van der Waals surface area contributed by atoms with Crippen LogP contribution in [0.25, 0.3) is 0 Å². The molecule has 236 valence electrons. The Hall–Kier alpha value is -1.91. The van der Waals surface area contributed by atoms with Gasteiger partial charge in [0.05, 0.1) is 7.11 Å². The molecule has 0 fully saturated rings. The van der Waals surface area contributed by atoms with Crippen LogP contribution in [0.3, 0.4) is 0 Å². The number of benzene rings is 1. The van der Waals surface area contributed by atoms with Crippen LogP contribution in [0.15, 0.2) is 29.2 Å². The van der Waals surface area contributed by atoms with E-state index >= 15 is 0 Å². The van der Waals surface area contributed by atoms with E-state index in [1.54, 1.807) is 7.11 Å². The first kappa shape index (κ1) is 38.1. The molecule has 0 aliphatic rings. The van der Waals surface area contributed by atoms with E-state index in [0.29, 0.717) is 10.9 Å². The van der Waals surface area contributed by atoms with Gasteiger partial charge in [-0.15, -0.1) is 0 Å². The molecule has 0 atom stereocenters. The van der Waals surface area contributed by atoms with Crippen molar-refractivity contribution in [2.24, 2.45) is 0 Å². The van der Waals surface area contributed by atoms with Gasteiger partial charge < -0.3 is 9.29 Å². The first-order valence-electron chi connectivity index (χ1n) is 9.12. The number of halogens is 17. The standard InChI is InChI=1S/C9H13OS.C8HF17O3S/c1-10-8-4-6-9(7-5-8)11(2)3;9-1(10,3(13,14)5(17,18)7(21,22)23)2(11,12)4(15,16)6(19,20)8(24,25)29(26,27)28/h4-7H,1-3H3;(H,26,27,28)/q+1;/p-1. The summed E-state index contributed by atoms with van der Waals surface area (Å²) < 4.78 is 249. The van der Waals surface area contributed by atoms with Crippen LogP contribution in [0.5, 0.6) is 5.75 Å². The Labute approximate surface area is 215 Å².